The number of ether oxygens (including phenoxy) is 3. The van der Waals surface area contributed by atoms with Gasteiger partial charge in [0.1, 0.15) is 11.4 Å². The lowest BCUT2D eigenvalue weighted by Crippen LogP contribution is -2.15. The topological polar surface area (TPSA) is 73.9 Å². The van der Waals surface area contributed by atoms with Gasteiger partial charge in [-0.2, -0.15) is 0 Å². The van der Waals surface area contributed by atoms with Crippen molar-refractivity contribution in [3.8, 4) is 5.75 Å². The highest BCUT2D eigenvalue weighted by Crippen LogP contribution is 2.34. The molecule has 0 aliphatic heterocycles. The van der Waals surface area contributed by atoms with Crippen LogP contribution in [0.15, 0.2) is 28.4 Å². The number of methoxy groups -OCH3 is 3. The first kappa shape index (κ1) is 17.3. The molecule has 1 aromatic carbocycles. The van der Waals surface area contributed by atoms with Crippen LogP contribution in [0.4, 0.5) is 5.69 Å². The Morgan fingerprint density at radius 1 is 1.24 bits per heavy atom. The number of anilines is 1. The molecule has 1 N–H and O–H groups in total. The smallest absolute Gasteiger partial charge is 0.354 e. The van der Waals surface area contributed by atoms with Crippen molar-refractivity contribution in [1.82, 2.24) is 0 Å². The van der Waals surface area contributed by atoms with Gasteiger partial charge in [-0.25, -0.2) is 9.59 Å². The van der Waals surface area contributed by atoms with Crippen LogP contribution in [0, 0.1) is 0 Å². The SMILES string of the molecule is COC(=O)/C=C(/Nc1cc(Cl)c(OC)cc1Br)C(=O)OC. The zero-order chi connectivity index (χ0) is 16.0. The number of esters is 2. The summed E-state index contributed by atoms with van der Waals surface area (Å²) < 4.78 is 14.7. The standard InChI is InChI=1S/C13H13BrClNO5/c1-19-11-4-7(14)9(5-8(11)15)16-10(13(18)21-3)6-12(17)20-2/h4-6,16H,1-3H3/b10-6+. The van der Waals surface area contributed by atoms with Gasteiger partial charge in [-0.15, -0.1) is 0 Å². The number of carbonyl (C=O) groups is 2. The molecule has 0 amide bonds. The summed E-state index contributed by atoms with van der Waals surface area (Å²) in [5.41, 5.74) is 0.368. The molecule has 0 heterocycles. The Hall–Kier alpha value is -1.73. The lowest BCUT2D eigenvalue weighted by molar-refractivity contribution is -0.138. The van der Waals surface area contributed by atoms with E-state index in [2.05, 4.69) is 30.7 Å². The Morgan fingerprint density at radius 3 is 2.43 bits per heavy atom. The molecule has 0 aromatic heterocycles. The first-order valence-corrected chi connectivity index (χ1v) is 6.78. The number of rotatable bonds is 5. The van der Waals surface area contributed by atoms with E-state index in [1.807, 2.05) is 0 Å². The average molecular weight is 379 g/mol. The molecule has 0 spiro atoms. The van der Waals surface area contributed by atoms with Gasteiger partial charge in [0, 0.05) is 4.47 Å². The van der Waals surface area contributed by atoms with E-state index in [1.165, 1.54) is 21.3 Å². The van der Waals surface area contributed by atoms with Crippen molar-refractivity contribution in [3.05, 3.63) is 33.4 Å². The largest absolute Gasteiger partial charge is 0.495 e. The predicted octanol–water partition coefficient (Wildman–Crippen LogP) is 2.75. The number of nitrogens with one attached hydrogen (secondary N) is 1. The Morgan fingerprint density at radius 2 is 1.90 bits per heavy atom. The summed E-state index contributed by atoms with van der Waals surface area (Å²) in [7, 11) is 3.89. The highest BCUT2D eigenvalue weighted by Gasteiger charge is 2.15. The molecule has 0 bridgehead atoms. The zero-order valence-electron chi connectivity index (χ0n) is 11.5. The van der Waals surface area contributed by atoms with Crippen molar-refractivity contribution in [1.29, 1.82) is 0 Å². The monoisotopic (exact) mass is 377 g/mol. The quantitative estimate of drug-likeness (QED) is 0.627. The minimum atomic E-state index is -0.723. The van der Waals surface area contributed by atoms with Gasteiger partial charge >= 0.3 is 11.9 Å². The van der Waals surface area contributed by atoms with Crippen molar-refractivity contribution in [3.63, 3.8) is 0 Å². The van der Waals surface area contributed by atoms with Crippen molar-refractivity contribution in [2.24, 2.45) is 0 Å². The molecule has 0 fully saturated rings. The fourth-order valence-corrected chi connectivity index (χ4v) is 2.02. The van der Waals surface area contributed by atoms with Gasteiger partial charge in [0.25, 0.3) is 0 Å². The molecule has 21 heavy (non-hydrogen) atoms. The molecule has 1 rings (SSSR count). The van der Waals surface area contributed by atoms with Gasteiger partial charge in [-0.3, -0.25) is 0 Å². The summed E-state index contributed by atoms with van der Waals surface area (Å²) in [5.74, 6) is -0.955. The van der Waals surface area contributed by atoms with E-state index in [4.69, 9.17) is 16.3 Å². The highest BCUT2D eigenvalue weighted by molar-refractivity contribution is 9.10. The second-order valence-corrected chi connectivity index (χ2v) is 4.93. The van der Waals surface area contributed by atoms with Crippen LogP contribution in [0.2, 0.25) is 5.02 Å². The molecule has 0 saturated heterocycles. The van der Waals surface area contributed by atoms with Crippen molar-refractivity contribution >= 4 is 45.2 Å². The normalized spacial score (nSPS) is 10.8. The second-order valence-electron chi connectivity index (χ2n) is 3.66. The fourth-order valence-electron chi connectivity index (χ4n) is 1.36. The van der Waals surface area contributed by atoms with Crippen molar-refractivity contribution in [2.45, 2.75) is 0 Å². The summed E-state index contributed by atoms with van der Waals surface area (Å²) in [4.78, 5) is 22.9. The third kappa shape index (κ3) is 4.64. The molecule has 0 radical (unpaired) electrons. The molecular formula is C13H13BrClNO5. The van der Waals surface area contributed by atoms with E-state index in [-0.39, 0.29) is 5.70 Å². The maximum Gasteiger partial charge on any atom is 0.354 e. The number of carbonyl (C=O) groups excluding carboxylic acids is 2. The van der Waals surface area contributed by atoms with Gasteiger partial charge in [0.05, 0.1) is 38.1 Å². The Kier molecular flexibility index (Phi) is 6.51. The first-order valence-electron chi connectivity index (χ1n) is 5.61. The molecule has 1 aromatic rings. The van der Waals surface area contributed by atoms with E-state index in [0.717, 1.165) is 6.08 Å². The van der Waals surface area contributed by atoms with Gasteiger partial charge < -0.3 is 19.5 Å². The summed E-state index contributed by atoms with van der Waals surface area (Å²) >= 11 is 9.33. The first-order chi connectivity index (χ1) is 9.92. The minimum absolute atomic E-state index is 0.0914. The third-order valence-electron chi connectivity index (χ3n) is 2.38. The second kappa shape index (κ2) is 7.90. The van der Waals surface area contributed by atoms with Crippen molar-refractivity contribution < 1.29 is 23.8 Å². The van der Waals surface area contributed by atoms with Gasteiger partial charge in [-0.05, 0) is 28.1 Å². The molecule has 6 nitrogen and oxygen atoms in total. The molecule has 0 atom stereocenters. The molecule has 0 aliphatic carbocycles. The van der Waals surface area contributed by atoms with Crippen LogP contribution in [0.1, 0.15) is 0 Å². The van der Waals surface area contributed by atoms with Crippen LogP contribution in [-0.2, 0) is 19.1 Å². The highest BCUT2D eigenvalue weighted by atomic mass is 79.9. The summed E-state index contributed by atoms with van der Waals surface area (Å²) in [6, 6.07) is 3.16. The minimum Gasteiger partial charge on any atom is -0.495 e. The molecule has 8 heteroatoms. The van der Waals surface area contributed by atoms with Crippen LogP contribution < -0.4 is 10.1 Å². The number of hydrogen-bond acceptors (Lipinski definition) is 6. The van der Waals surface area contributed by atoms with E-state index in [1.54, 1.807) is 12.1 Å². The Balaban J connectivity index is 3.15. The van der Waals surface area contributed by atoms with E-state index in [0.29, 0.717) is 20.9 Å². The van der Waals surface area contributed by atoms with Crippen LogP contribution in [0.5, 0.6) is 5.75 Å². The Bertz CT molecular complexity index is 588. The number of hydrogen-bond donors (Lipinski definition) is 1. The van der Waals surface area contributed by atoms with E-state index < -0.39 is 11.9 Å². The summed E-state index contributed by atoms with van der Waals surface area (Å²) in [6.07, 6.45) is 0.983. The zero-order valence-corrected chi connectivity index (χ0v) is 13.9. The van der Waals surface area contributed by atoms with Crippen LogP contribution >= 0.6 is 27.5 Å². The third-order valence-corrected chi connectivity index (χ3v) is 3.33. The average Bonchev–Trinajstić information content (AvgIpc) is 2.48. The maximum absolute atomic E-state index is 11.7. The lowest BCUT2D eigenvalue weighted by atomic mass is 10.2. The predicted molar refractivity (Wildman–Crippen MR) is 81.4 cm³/mol. The van der Waals surface area contributed by atoms with Crippen molar-refractivity contribution in [2.75, 3.05) is 26.6 Å². The van der Waals surface area contributed by atoms with Crippen LogP contribution in [0.25, 0.3) is 0 Å². The van der Waals surface area contributed by atoms with E-state index >= 15 is 0 Å². The summed E-state index contributed by atoms with van der Waals surface area (Å²) in [6.45, 7) is 0. The Labute approximate surface area is 135 Å². The summed E-state index contributed by atoms with van der Waals surface area (Å²) in [5, 5.41) is 3.09. The van der Waals surface area contributed by atoms with Crippen LogP contribution in [-0.4, -0.2) is 33.3 Å². The van der Waals surface area contributed by atoms with Gasteiger partial charge in [0.2, 0.25) is 0 Å². The van der Waals surface area contributed by atoms with Gasteiger partial charge in [-0.1, -0.05) is 11.6 Å². The molecule has 0 unspecified atom stereocenters. The molecular weight excluding hydrogens is 366 g/mol. The van der Waals surface area contributed by atoms with Crippen LogP contribution in [0.3, 0.4) is 0 Å². The molecule has 0 aliphatic rings. The lowest BCUT2D eigenvalue weighted by Gasteiger charge is -2.13. The van der Waals surface area contributed by atoms with E-state index in [9.17, 15) is 9.59 Å². The molecule has 114 valence electrons. The van der Waals surface area contributed by atoms with Gasteiger partial charge in [0.15, 0.2) is 0 Å². The maximum atomic E-state index is 11.7. The molecule has 0 saturated carbocycles. The fraction of sp³-hybridized carbons (Fsp3) is 0.231. The number of halogens is 2. The number of benzene rings is 1.